The van der Waals surface area contributed by atoms with E-state index in [0.29, 0.717) is 10.8 Å². The SMILES string of the molecule is Cc1cc(F)cc(-n2nnnc2SCC(=O)O)c1. The predicted molar refractivity (Wildman–Crippen MR) is 62.2 cm³/mol. The molecule has 0 fully saturated rings. The van der Waals surface area contributed by atoms with Gasteiger partial charge in [0, 0.05) is 0 Å². The maximum atomic E-state index is 13.3. The van der Waals surface area contributed by atoms with Crippen molar-refractivity contribution >= 4 is 17.7 Å². The van der Waals surface area contributed by atoms with Crippen LogP contribution in [0.15, 0.2) is 23.4 Å². The molecule has 0 saturated heterocycles. The molecule has 0 bridgehead atoms. The number of aliphatic carboxylic acids is 1. The fraction of sp³-hybridized carbons (Fsp3) is 0.200. The molecule has 0 radical (unpaired) electrons. The van der Waals surface area contributed by atoms with Gasteiger partial charge in [0.15, 0.2) is 0 Å². The van der Waals surface area contributed by atoms with Crippen LogP contribution in [0.25, 0.3) is 5.69 Å². The molecule has 1 heterocycles. The first kappa shape index (κ1) is 12.5. The van der Waals surface area contributed by atoms with E-state index in [1.54, 1.807) is 13.0 Å². The van der Waals surface area contributed by atoms with Crippen molar-refractivity contribution in [3.05, 3.63) is 29.6 Å². The van der Waals surface area contributed by atoms with Crippen LogP contribution in [0.3, 0.4) is 0 Å². The van der Waals surface area contributed by atoms with Crippen LogP contribution >= 0.6 is 11.8 Å². The topological polar surface area (TPSA) is 80.9 Å². The minimum absolute atomic E-state index is 0.158. The lowest BCUT2D eigenvalue weighted by Gasteiger charge is -2.04. The summed E-state index contributed by atoms with van der Waals surface area (Å²) < 4.78 is 14.6. The number of benzene rings is 1. The Bertz CT molecular complexity index is 567. The third-order valence-electron chi connectivity index (χ3n) is 2.04. The van der Waals surface area contributed by atoms with Crippen LogP contribution in [-0.4, -0.2) is 37.0 Å². The number of carboxylic acid groups (broad SMARTS) is 1. The summed E-state index contributed by atoms with van der Waals surface area (Å²) in [6, 6.07) is 4.39. The summed E-state index contributed by atoms with van der Waals surface area (Å²) in [5.41, 5.74) is 1.19. The number of aryl methyl sites for hydroxylation is 1. The molecule has 0 unspecified atom stereocenters. The predicted octanol–water partition coefficient (Wildman–Crippen LogP) is 1.29. The van der Waals surface area contributed by atoms with E-state index >= 15 is 0 Å². The molecule has 0 aliphatic rings. The normalized spacial score (nSPS) is 10.6. The molecule has 1 N–H and O–H groups in total. The summed E-state index contributed by atoms with van der Waals surface area (Å²) in [5.74, 6) is -1.52. The Kier molecular flexibility index (Phi) is 3.56. The monoisotopic (exact) mass is 268 g/mol. The Morgan fingerprint density at radius 1 is 1.50 bits per heavy atom. The fourth-order valence-corrected chi connectivity index (χ4v) is 2.01. The van der Waals surface area contributed by atoms with Gasteiger partial charge < -0.3 is 5.11 Å². The molecule has 0 aliphatic heterocycles. The van der Waals surface area contributed by atoms with Gasteiger partial charge in [-0.2, -0.15) is 4.68 Å². The molecule has 1 aromatic carbocycles. The summed E-state index contributed by atoms with van der Waals surface area (Å²) >= 11 is 0.973. The largest absolute Gasteiger partial charge is 0.481 e. The van der Waals surface area contributed by atoms with Gasteiger partial charge in [0.25, 0.3) is 0 Å². The number of thioether (sulfide) groups is 1. The van der Waals surface area contributed by atoms with Crippen molar-refractivity contribution in [3.8, 4) is 5.69 Å². The van der Waals surface area contributed by atoms with Gasteiger partial charge in [-0.15, -0.1) is 5.10 Å². The van der Waals surface area contributed by atoms with E-state index in [1.165, 1.54) is 16.8 Å². The third kappa shape index (κ3) is 2.83. The molecule has 6 nitrogen and oxygen atoms in total. The number of hydrogen-bond acceptors (Lipinski definition) is 5. The van der Waals surface area contributed by atoms with Crippen LogP contribution in [-0.2, 0) is 4.79 Å². The van der Waals surface area contributed by atoms with E-state index in [1.807, 2.05) is 0 Å². The number of rotatable bonds is 4. The lowest BCUT2D eigenvalue weighted by atomic mass is 10.2. The minimum atomic E-state index is -0.968. The lowest BCUT2D eigenvalue weighted by Crippen LogP contribution is -2.03. The summed E-state index contributed by atoms with van der Waals surface area (Å²) in [6.45, 7) is 1.75. The van der Waals surface area contributed by atoms with Crippen molar-refractivity contribution in [2.75, 3.05) is 5.75 Å². The lowest BCUT2D eigenvalue weighted by molar-refractivity contribution is -0.133. The summed E-state index contributed by atoms with van der Waals surface area (Å²) in [5, 5.41) is 19.8. The Labute approximate surface area is 106 Å². The summed E-state index contributed by atoms with van der Waals surface area (Å²) in [4.78, 5) is 10.5. The molecular formula is C10H9FN4O2S. The highest BCUT2D eigenvalue weighted by molar-refractivity contribution is 7.99. The van der Waals surface area contributed by atoms with Gasteiger partial charge in [-0.1, -0.05) is 11.8 Å². The molecule has 0 amide bonds. The van der Waals surface area contributed by atoms with Gasteiger partial charge in [-0.05, 0) is 41.1 Å². The first-order valence-corrected chi connectivity index (χ1v) is 5.95. The molecule has 0 spiro atoms. The number of tetrazole rings is 1. The average Bonchev–Trinajstić information content (AvgIpc) is 2.72. The molecule has 8 heteroatoms. The number of aromatic nitrogens is 4. The second kappa shape index (κ2) is 5.13. The second-order valence-corrected chi connectivity index (χ2v) is 4.48. The van der Waals surface area contributed by atoms with Gasteiger partial charge in [-0.3, -0.25) is 4.79 Å². The van der Waals surface area contributed by atoms with Crippen LogP contribution in [0.2, 0.25) is 0 Å². The zero-order valence-corrected chi connectivity index (χ0v) is 10.2. The van der Waals surface area contributed by atoms with E-state index in [0.717, 1.165) is 17.3 Å². The number of halogens is 1. The Morgan fingerprint density at radius 3 is 2.94 bits per heavy atom. The minimum Gasteiger partial charge on any atom is -0.481 e. The highest BCUT2D eigenvalue weighted by atomic mass is 32.2. The first-order chi connectivity index (χ1) is 8.56. The van der Waals surface area contributed by atoms with Crippen LogP contribution in [0.4, 0.5) is 4.39 Å². The Hall–Kier alpha value is -1.96. The van der Waals surface area contributed by atoms with Crippen molar-refractivity contribution in [1.29, 1.82) is 0 Å². The van der Waals surface area contributed by atoms with Gasteiger partial charge in [0.1, 0.15) is 5.82 Å². The smallest absolute Gasteiger partial charge is 0.313 e. The van der Waals surface area contributed by atoms with Crippen LogP contribution in [0, 0.1) is 12.7 Å². The molecule has 2 rings (SSSR count). The second-order valence-electron chi connectivity index (χ2n) is 3.54. The van der Waals surface area contributed by atoms with Crippen molar-refractivity contribution in [2.45, 2.75) is 12.1 Å². The number of carboxylic acids is 1. The zero-order valence-electron chi connectivity index (χ0n) is 9.37. The quantitative estimate of drug-likeness (QED) is 0.841. The Morgan fingerprint density at radius 2 is 2.28 bits per heavy atom. The van der Waals surface area contributed by atoms with Crippen molar-refractivity contribution in [2.24, 2.45) is 0 Å². The van der Waals surface area contributed by atoms with Gasteiger partial charge in [0.2, 0.25) is 5.16 Å². The molecule has 0 atom stereocenters. The van der Waals surface area contributed by atoms with E-state index in [-0.39, 0.29) is 5.75 Å². The van der Waals surface area contributed by atoms with Crippen LogP contribution in [0.5, 0.6) is 0 Å². The summed E-state index contributed by atoms with van der Waals surface area (Å²) in [6.07, 6.45) is 0. The summed E-state index contributed by atoms with van der Waals surface area (Å²) in [7, 11) is 0. The third-order valence-corrected chi connectivity index (χ3v) is 2.94. The van der Waals surface area contributed by atoms with E-state index < -0.39 is 11.8 Å². The molecule has 0 aliphatic carbocycles. The van der Waals surface area contributed by atoms with Crippen molar-refractivity contribution < 1.29 is 14.3 Å². The molecule has 0 saturated carbocycles. The first-order valence-electron chi connectivity index (χ1n) is 4.97. The maximum Gasteiger partial charge on any atom is 0.313 e. The molecule has 1 aromatic heterocycles. The molecule has 94 valence electrons. The standard InChI is InChI=1S/C10H9FN4O2S/c1-6-2-7(11)4-8(3-6)15-10(12-13-14-15)18-5-9(16)17/h2-4H,5H2,1H3,(H,16,17). The highest BCUT2D eigenvalue weighted by Crippen LogP contribution is 2.19. The van der Waals surface area contributed by atoms with Gasteiger partial charge in [-0.25, -0.2) is 4.39 Å². The van der Waals surface area contributed by atoms with Crippen LogP contribution in [0.1, 0.15) is 5.56 Å². The molecular weight excluding hydrogens is 259 g/mol. The number of nitrogens with zero attached hydrogens (tertiary/aromatic N) is 4. The maximum absolute atomic E-state index is 13.3. The molecule has 18 heavy (non-hydrogen) atoms. The van der Waals surface area contributed by atoms with E-state index in [4.69, 9.17) is 5.11 Å². The van der Waals surface area contributed by atoms with Crippen molar-refractivity contribution in [1.82, 2.24) is 20.2 Å². The van der Waals surface area contributed by atoms with E-state index in [9.17, 15) is 9.18 Å². The van der Waals surface area contributed by atoms with Crippen molar-refractivity contribution in [3.63, 3.8) is 0 Å². The van der Waals surface area contributed by atoms with E-state index in [2.05, 4.69) is 15.5 Å². The average molecular weight is 268 g/mol. The number of carbonyl (C=O) groups is 1. The number of hydrogen-bond donors (Lipinski definition) is 1. The van der Waals surface area contributed by atoms with Gasteiger partial charge in [0.05, 0.1) is 11.4 Å². The fourth-order valence-electron chi connectivity index (χ4n) is 1.40. The van der Waals surface area contributed by atoms with Crippen LogP contribution < -0.4 is 0 Å². The molecule has 2 aromatic rings. The highest BCUT2D eigenvalue weighted by Gasteiger charge is 2.11. The zero-order chi connectivity index (χ0) is 13.1. The van der Waals surface area contributed by atoms with Gasteiger partial charge >= 0.3 is 5.97 Å². The Balaban J connectivity index is 2.33.